The Labute approximate surface area is 704 Å². The van der Waals surface area contributed by atoms with Crippen LogP contribution in [0, 0.1) is 5.92 Å². The highest BCUT2D eigenvalue weighted by atomic mass is 35.5. The van der Waals surface area contributed by atoms with Gasteiger partial charge < -0.3 is 60.2 Å². The highest BCUT2D eigenvalue weighted by molar-refractivity contribution is 6.43. The van der Waals surface area contributed by atoms with E-state index in [0.29, 0.717) is 81.6 Å². The number of ether oxygens (including phenoxy) is 5. The number of benzene rings is 3. The Bertz CT molecular complexity index is 5050. The molecule has 0 bridgehead atoms. The minimum absolute atomic E-state index is 0.00923. The number of hydrogen-bond donors (Lipinski definition) is 6. The van der Waals surface area contributed by atoms with Gasteiger partial charge >= 0.3 is 24.3 Å². The average Bonchev–Trinajstić information content (AvgIpc) is 1.55. The highest BCUT2D eigenvalue weighted by Gasteiger charge is 2.43. The van der Waals surface area contributed by atoms with Crippen molar-refractivity contribution >= 4 is 135 Å². The molecule has 4 fully saturated rings. The molecular formula is C81H92Cl4F3N19O12. The Morgan fingerprint density at radius 2 is 0.882 bits per heavy atom. The predicted molar refractivity (Wildman–Crippen MR) is 448 cm³/mol. The van der Waals surface area contributed by atoms with Crippen LogP contribution >= 0.6 is 46.4 Å². The number of rotatable bonds is 24. The lowest BCUT2D eigenvalue weighted by Crippen LogP contribution is -2.50. The predicted octanol–water partition coefficient (Wildman–Crippen LogP) is 14.0. The van der Waals surface area contributed by atoms with Crippen molar-refractivity contribution in [3.05, 3.63) is 163 Å². The molecule has 119 heavy (non-hydrogen) atoms. The second-order valence-corrected chi connectivity index (χ2v) is 30.9. The highest BCUT2D eigenvalue weighted by Crippen LogP contribution is 2.51. The average molecular weight is 1720 g/mol. The molecule has 4 aliphatic carbocycles. The van der Waals surface area contributed by atoms with E-state index in [4.69, 9.17) is 80.1 Å². The van der Waals surface area contributed by atoms with Crippen molar-refractivity contribution in [1.82, 2.24) is 50.4 Å². The molecule has 38 heteroatoms. The van der Waals surface area contributed by atoms with Crippen LogP contribution in [0.15, 0.2) is 110 Å². The number of aryl methyl sites for hydroxylation is 1. The third-order valence-electron chi connectivity index (χ3n) is 21.6. The zero-order chi connectivity index (χ0) is 85.3. The molecule has 7 aliphatic rings. The zero-order valence-corrected chi connectivity index (χ0v) is 69.6. The number of nitrogens with one attached hydrogen (secondary N) is 6. The van der Waals surface area contributed by atoms with Crippen molar-refractivity contribution in [2.45, 2.75) is 158 Å². The summed E-state index contributed by atoms with van der Waals surface area (Å²) in [4.78, 5) is 126. The van der Waals surface area contributed by atoms with Crippen molar-refractivity contribution in [3.63, 3.8) is 0 Å². The van der Waals surface area contributed by atoms with Crippen LogP contribution in [0.5, 0.6) is 28.7 Å². The fourth-order valence-electron chi connectivity index (χ4n) is 15.1. The number of amides is 9. The molecule has 9 amide bonds. The van der Waals surface area contributed by atoms with Gasteiger partial charge in [-0.05, 0) is 99.3 Å². The van der Waals surface area contributed by atoms with Gasteiger partial charge in [-0.25, -0.2) is 29.3 Å². The molecule has 0 saturated heterocycles. The summed E-state index contributed by atoms with van der Waals surface area (Å²) in [6, 6.07) is 7.69. The fraction of sp³-hybridized carbons (Fsp3) is 0.420. The van der Waals surface area contributed by atoms with Gasteiger partial charge in [0.15, 0.2) is 0 Å². The number of aromatic nitrogens is 7. The Morgan fingerprint density at radius 3 is 1.27 bits per heavy atom. The first-order valence-electron chi connectivity index (χ1n) is 38.6. The van der Waals surface area contributed by atoms with Crippen LogP contribution in [0.25, 0.3) is 0 Å². The molecule has 0 radical (unpaired) electrons. The Kier molecular flexibility index (Phi) is 27.9. The van der Waals surface area contributed by atoms with Crippen LogP contribution in [0.2, 0.25) is 20.1 Å². The van der Waals surface area contributed by atoms with Crippen LogP contribution in [0.3, 0.4) is 0 Å². The number of nitrogens with zero attached hydrogens (tertiary/aromatic N) is 13. The van der Waals surface area contributed by atoms with Crippen LogP contribution in [0.4, 0.5) is 79.9 Å². The number of fused-ring (bicyclic) bond motifs is 3. The summed E-state index contributed by atoms with van der Waals surface area (Å²) < 4.78 is 68.4. The van der Waals surface area contributed by atoms with Gasteiger partial charge in [-0.1, -0.05) is 105 Å². The summed E-state index contributed by atoms with van der Waals surface area (Å²) in [7, 11) is 10.3. The fourth-order valence-corrected chi connectivity index (χ4v) is 16.5. The molecule has 6 atom stereocenters. The Hall–Kier alpha value is -11.4. The van der Waals surface area contributed by atoms with Crippen molar-refractivity contribution in [2.75, 3.05) is 94.5 Å². The quantitative estimate of drug-likeness (QED) is 0.0306. The van der Waals surface area contributed by atoms with E-state index in [1.807, 2.05) is 0 Å². The first-order chi connectivity index (χ1) is 57.1. The van der Waals surface area contributed by atoms with E-state index in [0.717, 1.165) is 108 Å². The minimum atomic E-state index is -4.60. The lowest BCUT2D eigenvalue weighted by molar-refractivity contribution is -0.137. The van der Waals surface area contributed by atoms with Crippen LogP contribution in [0.1, 0.15) is 118 Å². The molecule has 4 aromatic heterocycles. The van der Waals surface area contributed by atoms with Gasteiger partial charge in [0, 0.05) is 123 Å². The van der Waals surface area contributed by atoms with Crippen molar-refractivity contribution in [1.29, 1.82) is 0 Å². The lowest BCUT2D eigenvalue weighted by atomic mass is 9.90. The molecule has 14 rings (SSSR count). The second kappa shape index (κ2) is 38.1. The molecule has 3 aromatic carbocycles. The molecule has 7 heterocycles. The first-order valence-corrected chi connectivity index (χ1v) is 40.1. The minimum Gasteiger partial charge on any atom is -0.497 e. The van der Waals surface area contributed by atoms with Gasteiger partial charge in [-0.2, -0.15) is 28.1 Å². The van der Waals surface area contributed by atoms with Gasteiger partial charge in [0.2, 0.25) is 35.6 Å². The topological polar surface area (TPSA) is 340 Å². The number of anilines is 9. The molecule has 7 aromatic rings. The number of urea groups is 3. The van der Waals surface area contributed by atoms with Gasteiger partial charge in [0.05, 0.1) is 84.4 Å². The molecule has 632 valence electrons. The number of alkyl halides is 3. The molecule has 4 saturated carbocycles. The number of pyridine rings is 1. The maximum atomic E-state index is 14.3. The number of carbonyl (C=O) groups is 6. The number of halogens is 7. The summed E-state index contributed by atoms with van der Waals surface area (Å²) in [5.74, 6) is 3.25. The normalized spacial score (nSPS) is 19.5. The smallest absolute Gasteiger partial charge is 0.416 e. The number of hydrogen-bond acceptors (Lipinski definition) is 21. The standard InChI is InChI=1S/C30H33Cl2N7O5.C27H32Cl2N6O4.C24H27F3N6O3/c1-5-23(40)34-19-8-6-7-9-20(19)35-29-33-14-18-16-38(27-25(31)21(43-3)13-22(44-4)26(27)32)30(42)39(28(18)36-29)15-17-10-11-37(2)24(41)12-17;1-4-21(36)31-17-7-5-6-8-18(17)32-26-30-12-16-14-34(27(37)35(25(16)33-26)13-15-9-10-15)24-22(28)19(38-2)11-20(39-3)23(24)29;1-4-20(34)29-18-7-5-6-8-19(18)30-22-28-12-14-13-33(23(35)32(2)21(14)31-22)16-9-15(24(25,26)27)10-17(11-16)36-3/h5,10-14,19-20H,1,6-9,15-16H2,2-4H3,(H,34,40)(H,33,35,36);4,11-12,15,17-18H,1,5-10,13-14H2,2-3H3,(H,31,36)(H,30,32,33);4,9-12,18-19H,1,5-8,13H2,2-3H3,(H,29,34)(H,28,30,31)/t;;18-,19+/m..0/s1. The van der Waals surface area contributed by atoms with Crippen LogP contribution < -0.4 is 90.5 Å². The zero-order valence-electron chi connectivity index (χ0n) is 66.5. The molecule has 4 unspecified atom stereocenters. The molecule has 6 N–H and O–H groups in total. The van der Waals surface area contributed by atoms with Crippen LogP contribution in [-0.2, 0) is 53.8 Å². The monoisotopic (exact) mass is 1720 g/mol. The molecular weight excluding hydrogens is 1630 g/mol. The van der Waals surface area contributed by atoms with Crippen LogP contribution in [-0.4, -0.2) is 156 Å². The summed E-state index contributed by atoms with van der Waals surface area (Å²) >= 11 is 26.8. The number of carbonyl (C=O) groups excluding carboxylic acids is 6. The lowest BCUT2D eigenvalue weighted by Gasteiger charge is -2.37. The van der Waals surface area contributed by atoms with E-state index in [1.54, 1.807) is 54.9 Å². The van der Waals surface area contributed by atoms with Gasteiger partial charge in [0.25, 0.3) is 5.56 Å². The SMILES string of the molecule is C=CC(=O)NC1CCCCC1Nc1ncc2c(n1)N(CC1CC1)C(=O)N(c1c(Cl)c(OC)cc(OC)c1Cl)C2.C=CC(=O)NC1CCCCC1Nc1ncc2c(n1)N(Cc1ccn(C)c(=O)c1)C(=O)N(c1c(Cl)c(OC)cc(OC)c1Cl)C2.C=CC(=O)N[C@H]1CCCC[C@H]1Nc1ncc2c(n1)N(C)C(=O)N(c1cc(OC)cc(C(F)(F)F)c1)C2. The Morgan fingerprint density at radius 1 is 0.496 bits per heavy atom. The molecule has 0 spiro atoms. The number of methoxy groups -OCH3 is 5. The van der Waals surface area contributed by atoms with E-state index < -0.39 is 23.8 Å². The maximum absolute atomic E-state index is 14.3. The van der Waals surface area contributed by atoms with E-state index in [1.165, 1.54) is 102 Å². The summed E-state index contributed by atoms with van der Waals surface area (Å²) in [5.41, 5.74) is 1.98. The summed E-state index contributed by atoms with van der Waals surface area (Å²) in [6.07, 6.45) is 18.8. The molecule has 3 aliphatic heterocycles. The van der Waals surface area contributed by atoms with E-state index >= 15 is 0 Å². The third kappa shape index (κ3) is 19.8. The molecule has 31 nitrogen and oxygen atoms in total. The second-order valence-electron chi connectivity index (χ2n) is 29.4. The maximum Gasteiger partial charge on any atom is 0.416 e. The van der Waals surface area contributed by atoms with E-state index in [9.17, 15) is 46.7 Å². The first kappa shape index (κ1) is 87.0. The van der Waals surface area contributed by atoms with Gasteiger partial charge in [0.1, 0.15) is 66.3 Å². The van der Waals surface area contributed by atoms with Crippen molar-refractivity contribution in [2.24, 2.45) is 13.0 Å². The largest absolute Gasteiger partial charge is 0.497 e. The van der Waals surface area contributed by atoms with E-state index in [2.05, 4.69) is 71.6 Å². The van der Waals surface area contributed by atoms with Crippen molar-refractivity contribution < 1.29 is 65.6 Å². The third-order valence-corrected chi connectivity index (χ3v) is 23.1. The van der Waals surface area contributed by atoms with Gasteiger partial charge in [-0.3, -0.25) is 48.6 Å². The Balaban J connectivity index is 0.000000165. The van der Waals surface area contributed by atoms with E-state index in [-0.39, 0.29) is 140 Å². The summed E-state index contributed by atoms with van der Waals surface area (Å²) in [6.45, 7) is 11.4. The van der Waals surface area contributed by atoms with Gasteiger partial charge in [-0.15, -0.1) is 0 Å². The van der Waals surface area contributed by atoms with Crippen molar-refractivity contribution in [3.8, 4) is 28.7 Å². The summed E-state index contributed by atoms with van der Waals surface area (Å²) in [5, 5.41) is 19.7.